The van der Waals surface area contributed by atoms with Gasteiger partial charge in [-0.15, -0.1) is 0 Å². The van der Waals surface area contributed by atoms with Crippen LogP contribution in [0.2, 0.25) is 0 Å². The van der Waals surface area contributed by atoms with E-state index in [4.69, 9.17) is 4.74 Å². The Hall–Kier alpha value is -2.66. The van der Waals surface area contributed by atoms with Crippen LogP contribution in [-0.2, 0) is 16.1 Å². The molecule has 2 aromatic carbocycles. The zero-order chi connectivity index (χ0) is 19.2. The predicted molar refractivity (Wildman–Crippen MR) is 104 cm³/mol. The third kappa shape index (κ3) is 5.41. The lowest BCUT2D eigenvalue weighted by Crippen LogP contribution is -2.49. The van der Waals surface area contributed by atoms with Crippen LogP contribution in [-0.4, -0.2) is 54.5 Å². The van der Waals surface area contributed by atoms with Crippen molar-refractivity contribution in [1.29, 1.82) is 0 Å². The van der Waals surface area contributed by atoms with E-state index in [0.29, 0.717) is 18.7 Å². The van der Waals surface area contributed by atoms with Crippen LogP contribution in [0.25, 0.3) is 0 Å². The molecule has 0 radical (unpaired) electrons. The van der Waals surface area contributed by atoms with Crippen LogP contribution in [0.1, 0.15) is 27.0 Å². The van der Waals surface area contributed by atoms with E-state index in [9.17, 15) is 9.59 Å². The Bertz CT molecular complexity index is 776. The molecule has 1 amide bonds. The predicted octanol–water partition coefficient (Wildman–Crippen LogP) is 2.80. The minimum atomic E-state index is -0.446. The molecular weight excluding hydrogens is 340 g/mol. The van der Waals surface area contributed by atoms with E-state index in [2.05, 4.69) is 17.0 Å². The van der Waals surface area contributed by atoms with Crippen molar-refractivity contribution in [3.63, 3.8) is 0 Å². The molecule has 0 spiro atoms. The van der Waals surface area contributed by atoms with E-state index < -0.39 is 5.97 Å². The number of hydrogen-bond acceptors (Lipinski definition) is 4. The van der Waals surface area contributed by atoms with Gasteiger partial charge in [-0.3, -0.25) is 9.69 Å². The summed E-state index contributed by atoms with van der Waals surface area (Å²) >= 11 is 0. The van der Waals surface area contributed by atoms with Crippen LogP contribution in [0.4, 0.5) is 0 Å². The summed E-state index contributed by atoms with van der Waals surface area (Å²) in [5, 5.41) is 0. The van der Waals surface area contributed by atoms with Crippen molar-refractivity contribution in [3.05, 3.63) is 70.8 Å². The molecule has 1 heterocycles. The molecule has 0 N–H and O–H groups in total. The van der Waals surface area contributed by atoms with Crippen molar-refractivity contribution in [1.82, 2.24) is 9.80 Å². The minimum absolute atomic E-state index is 0.132. The average molecular weight is 366 g/mol. The van der Waals surface area contributed by atoms with Crippen LogP contribution in [0.5, 0.6) is 0 Å². The first kappa shape index (κ1) is 19.1. The fourth-order valence-corrected chi connectivity index (χ4v) is 3.39. The van der Waals surface area contributed by atoms with E-state index in [1.54, 1.807) is 17.0 Å². The van der Waals surface area contributed by atoms with Gasteiger partial charge in [-0.05, 0) is 31.5 Å². The lowest BCUT2D eigenvalue weighted by Gasteiger charge is -2.34. The number of ether oxygens (including phenoxy) is 1. The molecule has 0 atom stereocenters. The van der Waals surface area contributed by atoms with Crippen molar-refractivity contribution in [2.45, 2.75) is 20.4 Å². The summed E-state index contributed by atoms with van der Waals surface area (Å²) in [5.41, 5.74) is 3.78. The number of nitrogens with zero attached hydrogens (tertiary/aromatic N) is 2. The summed E-state index contributed by atoms with van der Waals surface area (Å²) in [6.07, 6.45) is 0. The number of esters is 1. The van der Waals surface area contributed by atoms with Crippen molar-refractivity contribution in [2.24, 2.45) is 0 Å². The highest BCUT2D eigenvalue weighted by Crippen LogP contribution is 2.11. The molecule has 1 aliphatic rings. The number of carbonyl (C=O) groups excluding carboxylic acids is 2. The summed E-state index contributed by atoms with van der Waals surface area (Å²) in [6, 6.07) is 15.9. The van der Waals surface area contributed by atoms with Crippen LogP contribution in [0, 0.1) is 13.8 Å². The highest BCUT2D eigenvalue weighted by molar-refractivity contribution is 5.91. The topological polar surface area (TPSA) is 49.9 Å². The van der Waals surface area contributed by atoms with Gasteiger partial charge in [-0.1, -0.05) is 47.5 Å². The Labute approximate surface area is 160 Å². The molecule has 5 nitrogen and oxygen atoms in total. The molecule has 0 bridgehead atoms. The van der Waals surface area contributed by atoms with Gasteiger partial charge in [-0.25, -0.2) is 4.79 Å². The molecule has 142 valence electrons. The highest BCUT2D eigenvalue weighted by Gasteiger charge is 2.22. The smallest absolute Gasteiger partial charge is 0.338 e. The molecule has 1 saturated heterocycles. The average Bonchev–Trinajstić information content (AvgIpc) is 2.66. The molecule has 1 fully saturated rings. The molecule has 2 aromatic rings. The van der Waals surface area contributed by atoms with Gasteiger partial charge in [0.1, 0.15) is 0 Å². The fraction of sp³-hybridized carbons (Fsp3) is 0.364. The van der Waals surface area contributed by atoms with Gasteiger partial charge in [0.25, 0.3) is 5.91 Å². The molecule has 3 rings (SSSR count). The van der Waals surface area contributed by atoms with Crippen LogP contribution < -0.4 is 0 Å². The Balaban J connectivity index is 1.45. The lowest BCUT2D eigenvalue weighted by molar-refractivity contribution is -0.136. The lowest BCUT2D eigenvalue weighted by atomic mass is 10.1. The Kier molecular flexibility index (Phi) is 6.24. The first-order chi connectivity index (χ1) is 13.0. The SMILES string of the molecule is Cc1cc(C)cc(C(=O)OCC(=O)N2CCN(Cc3ccccc3)CC2)c1. The van der Waals surface area contributed by atoms with Gasteiger partial charge in [0, 0.05) is 32.7 Å². The standard InChI is InChI=1S/C22H26N2O3/c1-17-12-18(2)14-20(13-17)22(26)27-16-21(25)24-10-8-23(9-11-24)15-19-6-4-3-5-7-19/h3-7,12-14H,8-11,15-16H2,1-2H3. The molecule has 0 aliphatic carbocycles. The minimum Gasteiger partial charge on any atom is -0.452 e. The second kappa shape index (κ2) is 8.82. The summed E-state index contributed by atoms with van der Waals surface area (Å²) in [4.78, 5) is 28.7. The Morgan fingerprint density at radius 3 is 2.19 bits per heavy atom. The van der Waals surface area contributed by atoms with Gasteiger partial charge in [0.05, 0.1) is 5.56 Å². The zero-order valence-electron chi connectivity index (χ0n) is 16.0. The molecule has 5 heteroatoms. The van der Waals surface area contributed by atoms with Crippen LogP contribution in [0.15, 0.2) is 48.5 Å². The van der Waals surface area contributed by atoms with E-state index in [-0.39, 0.29) is 12.5 Å². The number of carbonyl (C=O) groups is 2. The Morgan fingerprint density at radius 2 is 1.56 bits per heavy atom. The third-order valence-corrected chi connectivity index (χ3v) is 4.76. The Morgan fingerprint density at radius 1 is 0.926 bits per heavy atom. The van der Waals surface area contributed by atoms with Gasteiger partial charge in [0.15, 0.2) is 6.61 Å². The van der Waals surface area contributed by atoms with Crippen molar-refractivity contribution in [3.8, 4) is 0 Å². The van der Waals surface area contributed by atoms with Gasteiger partial charge < -0.3 is 9.64 Å². The number of amides is 1. The van der Waals surface area contributed by atoms with E-state index in [1.807, 2.05) is 38.1 Å². The maximum atomic E-state index is 12.4. The van der Waals surface area contributed by atoms with Gasteiger partial charge >= 0.3 is 5.97 Å². The number of aryl methyl sites for hydroxylation is 2. The van der Waals surface area contributed by atoms with Gasteiger partial charge in [0.2, 0.25) is 0 Å². The first-order valence-electron chi connectivity index (χ1n) is 9.31. The highest BCUT2D eigenvalue weighted by atomic mass is 16.5. The largest absolute Gasteiger partial charge is 0.452 e. The van der Waals surface area contributed by atoms with E-state index in [0.717, 1.165) is 30.8 Å². The normalized spacial score (nSPS) is 14.8. The quantitative estimate of drug-likeness (QED) is 0.764. The maximum absolute atomic E-state index is 12.4. The second-order valence-electron chi connectivity index (χ2n) is 7.10. The molecule has 0 unspecified atom stereocenters. The number of piperazine rings is 1. The van der Waals surface area contributed by atoms with Crippen molar-refractivity contribution >= 4 is 11.9 Å². The van der Waals surface area contributed by atoms with Crippen molar-refractivity contribution in [2.75, 3.05) is 32.8 Å². The fourth-order valence-electron chi connectivity index (χ4n) is 3.39. The first-order valence-corrected chi connectivity index (χ1v) is 9.31. The van der Waals surface area contributed by atoms with E-state index in [1.165, 1.54) is 5.56 Å². The second-order valence-corrected chi connectivity index (χ2v) is 7.10. The van der Waals surface area contributed by atoms with Crippen LogP contribution in [0.3, 0.4) is 0 Å². The summed E-state index contributed by atoms with van der Waals surface area (Å²) in [6.45, 7) is 7.53. The van der Waals surface area contributed by atoms with E-state index >= 15 is 0 Å². The molecule has 27 heavy (non-hydrogen) atoms. The zero-order valence-corrected chi connectivity index (χ0v) is 16.0. The molecular formula is C22H26N2O3. The summed E-state index contributed by atoms with van der Waals surface area (Å²) in [5.74, 6) is -0.579. The maximum Gasteiger partial charge on any atom is 0.338 e. The van der Waals surface area contributed by atoms with Crippen molar-refractivity contribution < 1.29 is 14.3 Å². The number of hydrogen-bond donors (Lipinski definition) is 0. The van der Waals surface area contributed by atoms with Crippen LogP contribution >= 0.6 is 0 Å². The summed E-state index contributed by atoms with van der Waals surface area (Å²) in [7, 11) is 0. The van der Waals surface area contributed by atoms with Gasteiger partial charge in [-0.2, -0.15) is 0 Å². The monoisotopic (exact) mass is 366 g/mol. The summed E-state index contributed by atoms with van der Waals surface area (Å²) < 4.78 is 5.23. The molecule has 0 aromatic heterocycles. The number of rotatable bonds is 5. The third-order valence-electron chi connectivity index (χ3n) is 4.76. The number of benzene rings is 2. The molecule has 1 aliphatic heterocycles. The molecule has 0 saturated carbocycles.